The molecule has 0 bridgehead atoms. The second-order valence-corrected chi connectivity index (χ2v) is 7.88. The lowest BCUT2D eigenvalue weighted by atomic mass is 10.2. The summed E-state index contributed by atoms with van der Waals surface area (Å²) in [5.41, 5.74) is 2.34. The number of nitrogens with one attached hydrogen (secondary N) is 2. The molecular formula is C21H18BrN3O2S. The monoisotopic (exact) mass is 455 g/mol. The molecule has 2 amide bonds. The highest BCUT2D eigenvalue weighted by Crippen LogP contribution is 2.23. The maximum atomic E-state index is 12.1. The Bertz CT molecular complexity index is 949. The number of carbonyl (C=O) groups excluding carboxylic acids is 2. The van der Waals surface area contributed by atoms with Crippen molar-refractivity contribution >= 4 is 45.2 Å². The highest BCUT2D eigenvalue weighted by molar-refractivity contribution is 9.10. The zero-order valence-electron chi connectivity index (χ0n) is 14.9. The summed E-state index contributed by atoms with van der Waals surface area (Å²) in [6, 6.07) is 18.6. The predicted octanol–water partition coefficient (Wildman–Crippen LogP) is 4.50. The summed E-state index contributed by atoms with van der Waals surface area (Å²) in [5.74, 6) is 0.263. The Morgan fingerprint density at radius 2 is 1.86 bits per heavy atom. The third kappa shape index (κ3) is 6.21. The van der Waals surface area contributed by atoms with E-state index < -0.39 is 0 Å². The summed E-state index contributed by atoms with van der Waals surface area (Å²) in [5, 5.41) is 5.39. The molecule has 0 aliphatic rings. The van der Waals surface area contributed by atoms with Crippen molar-refractivity contribution < 1.29 is 9.59 Å². The Morgan fingerprint density at radius 1 is 1.04 bits per heavy atom. The van der Waals surface area contributed by atoms with Gasteiger partial charge in [-0.1, -0.05) is 28.1 Å². The standard InChI is InChI=1S/C21H18BrN3O2S/c22-17-5-1-4-16(11-17)21(27)24-13-20(26)25-18-6-8-19(9-7-18)28-14-15-3-2-10-23-12-15/h1-12H,13-14H2,(H,24,27)(H,25,26). The zero-order valence-corrected chi connectivity index (χ0v) is 17.3. The summed E-state index contributed by atoms with van der Waals surface area (Å²) in [6.07, 6.45) is 3.61. The Labute approximate surface area is 176 Å². The van der Waals surface area contributed by atoms with E-state index in [0.717, 1.165) is 20.7 Å². The van der Waals surface area contributed by atoms with E-state index in [2.05, 4.69) is 31.5 Å². The van der Waals surface area contributed by atoms with E-state index in [-0.39, 0.29) is 18.4 Å². The topological polar surface area (TPSA) is 71.1 Å². The van der Waals surface area contributed by atoms with Crippen molar-refractivity contribution in [3.63, 3.8) is 0 Å². The van der Waals surface area contributed by atoms with Gasteiger partial charge in [-0.2, -0.15) is 0 Å². The number of thioether (sulfide) groups is 1. The molecule has 3 aromatic rings. The summed E-state index contributed by atoms with van der Waals surface area (Å²) in [7, 11) is 0. The molecule has 2 N–H and O–H groups in total. The first-order valence-electron chi connectivity index (χ1n) is 8.55. The molecule has 2 aromatic carbocycles. The Balaban J connectivity index is 1.45. The third-order valence-corrected chi connectivity index (χ3v) is 5.34. The van der Waals surface area contributed by atoms with Gasteiger partial charge in [-0.25, -0.2) is 0 Å². The van der Waals surface area contributed by atoms with Crippen molar-refractivity contribution in [1.29, 1.82) is 0 Å². The molecule has 0 atom stereocenters. The van der Waals surface area contributed by atoms with Gasteiger partial charge in [0, 0.05) is 38.8 Å². The van der Waals surface area contributed by atoms with E-state index in [0.29, 0.717) is 11.3 Å². The highest BCUT2D eigenvalue weighted by atomic mass is 79.9. The van der Waals surface area contributed by atoms with Crippen LogP contribution in [0.2, 0.25) is 0 Å². The number of aromatic nitrogens is 1. The number of nitrogens with zero attached hydrogens (tertiary/aromatic N) is 1. The minimum atomic E-state index is -0.293. The molecule has 7 heteroatoms. The van der Waals surface area contributed by atoms with Crippen molar-refractivity contribution in [2.45, 2.75) is 10.6 Å². The maximum Gasteiger partial charge on any atom is 0.251 e. The fourth-order valence-corrected chi connectivity index (χ4v) is 3.61. The van der Waals surface area contributed by atoms with Crippen molar-refractivity contribution in [1.82, 2.24) is 10.3 Å². The molecule has 0 aliphatic carbocycles. The van der Waals surface area contributed by atoms with E-state index in [4.69, 9.17) is 0 Å². The van der Waals surface area contributed by atoms with Crippen LogP contribution in [0.15, 0.2) is 82.4 Å². The third-order valence-electron chi connectivity index (χ3n) is 3.76. The predicted molar refractivity (Wildman–Crippen MR) is 115 cm³/mol. The fraction of sp³-hybridized carbons (Fsp3) is 0.0952. The molecule has 1 heterocycles. The van der Waals surface area contributed by atoms with Gasteiger partial charge in [0.15, 0.2) is 0 Å². The summed E-state index contributed by atoms with van der Waals surface area (Å²) < 4.78 is 0.811. The van der Waals surface area contributed by atoms with Gasteiger partial charge in [-0.3, -0.25) is 14.6 Å². The van der Waals surface area contributed by atoms with Gasteiger partial charge >= 0.3 is 0 Å². The Hall–Kier alpha value is -2.64. The molecule has 0 aliphatic heterocycles. The number of benzene rings is 2. The van der Waals surface area contributed by atoms with E-state index >= 15 is 0 Å². The molecule has 0 saturated carbocycles. The van der Waals surface area contributed by atoms with Crippen molar-refractivity contribution in [2.24, 2.45) is 0 Å². The van der Waals surface area contributed by atoms with E-state index in [9.17, 15) is 9.59 Å². The molecule has 3 rings (SSSR count). The largest absolute Gasteiger partial charge is 0.343 e. The van der Waals surface area contributed by atoms with E-state index in [1.165, 1.54) is 0 Å². The number of pyridine rings is 1. The molecule has 5 nitrogen and oxygen atoms in total. The first-order chi connectivity index (χ1) is 13.6. The highest BCUT2D eigenvalue weighted by Gasteiger charge is 2.08. The van der Waals surface area contributed by atoms with Crippen LogP contribution in [0.3, 0.4) is 0 Å². The maximum absolute atomic E-state index is 12.1. The normalized spacial score (nSPS) is 10.3. The number of rotatable bonds is 7. The number of hydrogen-bond donors (Lipinski definition) is 2. The molecule has 142 valence electrons. The lowest BCUT2D eigenvalue weighted by Crippen LogP contribution is -2.32. The van der Waals surface area contributed by atoms with Crippen molar-refractivity contribution in [2.75, 3.05) is 11.9 Å². The molecule has 0 unspecified atom stereocenters. The molecule has 0 spiro atoms. The van der Waals surface area contributed by atoms with E-state index in [1.807, 2.05) is 48.7 Å². The van der Waals surface area contributed by atoms with Crippen LogP contribution in [0, 0.1) is 0 Å². The molecule has 1 aromatic heterocycles. The van der Waals surface area contributed by atoms with Crippen LogP contribution in [-0.4, -0.2) is 23.3 Å². The average Bonchev–Trinajstić information content (AvgIpc) is 2.72. The average molecular weight is 456 g/mol. The van der Waals surface area contributed by atoms with Gasteiger partial charge < -0.3 is 10.6 Å². The zero-order chi connectivity index (χ0) is 19.8. The minimum Gasteiger partial charge on any atom is -0.343 e. The Morgan fingerprint density at radius 3 is 2.57 bits per heavy atom. The number of amides is 2. The quantitative estimate of drug-likeness (QED) is 0.514. The van der Waals surface area contributed by atoms with Crippen LogP contribution in [0.4, 0.5) is 5.69 Å². The fourth-order valence-electron chi connectivity index (χ4n) is 2.38. The molecule has 0 fully saturated rings. The van der Waals surface area contributed by atoms with Crippen LogP contribution >= 0.6 is 27.7 Å². The lowest BCUT2D eigenvalue weighted by Gasteiger charge is -2.08. The van der Waals surface area contributed by atoms with Gasteiger partial charge in [-0.05, 0) is 54.1 Å². The van der Waals surface area contributed by atoms with Gasteiger partial charge in [0.25, 0.3) is 5.91 Å². The van der Waals surface area contributed by atoms with Gasteiger partial charge in [0.05, 0.1) is 6.54 Å². The number of halogens is 1. The van der Waals surface area contributed by atoms with Crippen LogP contribution in [0.1, 0.15) is 15.9 Å². The van der Waals surface area contributed by atoms with Gasteiger partial charge in [0.1, 0.15) is 0 Å². The summed E-state index contributed by atoms with van der Waals surface area (Å²) in [6.45, 7) is -0.0944. The van der Waals surface area contributed by atoms with Crippen LogP contribution in [-0.2, 0) is 10.5 Å². The summed E-state index contributed by atoms with van der Waals surface area (Å²) >= 11 is 5.02. The molecule has 28 heavy (non-hydrogen) atoms. The van der Waals surface area contributed by atoms with Crippen LogP contribution < -0.4 is 10.6 Å². The van der Waals surface area contributed by atoms with E-state index in [1.54, 1.807) is 36.2 Å². The first-order valence-corrected chi connectivity index (χ1v) is 10.3. The SMILES string of the molecule is O=C(CNC(=O)c1cccc(Br)c1)Nc1ccc(SCc2cccnc2)cc1. The van der Waals surface area contributed by atoms with Gasteiger partial charge in [0.2, 0.25) is 5.91 Å². The lowest BCUT2D eigenvalue weighted by molar-refractivity contribution is -0.115. The number of hydrogen-bond acceptors (Lipinski definition) is 4. The van der Waals surface area contributed by atoms with Crippen LogP contribution in [0.25, 0.3) is 0 Å². The Kier molecular flexibility index (Phi) is 7.22. The van der Waals surface area contributed by atoms with Crippen molar-refractivity contribution in [3.8, 4) is 0 Å². The second-order valence-electron chi connectivity index (χ2n) is 5.92. The second kappa shape index (κ2) is 10.1. The first kappa shape index (κ1) is 20.1. The summed E-state index contributed by atoms with van der Waals surface area (Å²) in [4.78, 5) is 29.3. The number of anilines is 1. The molecular weight excluding hydrogens is 438 g/mol. The van der Waals surface area contributed by atoms with Crippen LogP contribution in [0.5, 0.6) is 0 Å². The number of carbonyl (C=O) groups is 2. The molecule has 0 saturated heterocycles. The smallest absolute Gasteiger partial charge is 0.251 e. The van der Waals surface area contributed by atoms with Crippen molar-refractivity contribution in [3.05, 3.63) is 88.7 Å². The molecule has 0 radical (unpaired) electrons. The minimum absolute atomic E-state index is 0.0944. The van der Waals surface area contributed by atoms with Gasteiger partial charge in [-0.15, -0.1) is 11.8 Å².